The van der Waals surface area contributed by atoms with E-state index < -0.39 is 0 Å². The van der Waals surface area contributed by atoms with Crippen LogP contribution in [0.2, 0.25) is 0 Å². The Bertz CT molecular complexity index is 345. The number of ether oxygens (including phenoxy) is 1. The third kappa shape index (κ3) is 3.57. The van der Waals surface area contributed by atoms with Gasteiger partial charge < -0.3 is 0 Å². The van der Waals surface area contributed by atoms with Crippen LogP contribution in [0.4, 0.5) is 4.69 Å². The fourth-order valence-electron chi connectivity index (χ4n) is 2.08. The van der Waals surface area contributed by atoms with Gasteiger partial charge in [-0.25, -0.2) is 0 Å². The van der Waals surface area contributed by atoms with Crippen molar-refractivity contribution in [3.63, 3.8) is 0 Å². The van der Waals surface area contributed by atoms with Crippen LogP contribution >= 0.6 is 0 Å². The molecule has 0 unspecified atom stereocenters. The summed E-state index contributed by atoms with van der Waals surface area (Å²) < 4.78 is 8.41. The molecule has 1 aromatic heterocycles. The second kappa shape index (κ2) is 6.58. The van der Waals surface area contributed by atoms with Crippen molar-refractivity contribution in [3.05, 3.63) is 10.1 Å². The molecule has 0 amide bonds. The van der Waals surface area contributed by atoms with E-state index in [0.29, 0.717) is 14.5 Å². The van der Waals surface area contributed by atoms with Crippen molar-refractivity contribution in [2.75, 3.05) is 24.6 Å². The van der Waals surface area contributed by atoms with E-state index in [-0.39, 0.29) is 0 Å². The van der Waals surface area contributed by atoms with Gasteiger partial charge in [-0.15, -0.1) is 0 Å². The first-order chi connectivity index (χ1) is 8.31. The molecule has 17 heavy (non-hydrogen) atoms. The molecule has 0 bridgehead atoms. The summed E-state index contributed by atoms with van der Waals surface area (Å²) in [7, 11) is 0. The Balaban J connectivity index is 1.96. The van der Waals surface area contributed by atoms with E-state index in [1.54, 1.807) is 0 Å². The van der Waals surface area contributed by atoms with Crippen LogP contribution in [-0.2, 0) is 11.3 Å². The van der Waals surface area contributed by atoms with E-state index in [2.05, 4.69) is 18.7 Å². The van der Waals surface area contributed by atoms with Crippen molar-refractivity contribution >= 4 is 19.2 Å². The summed E-state index contributed by atoms with van der Waals surface area (Å²) in [5.41, 5.74) is 1.21. The summed E-state index contributed by atoms with van der Waals surface area (Å²) >= 11 is 0.412. The number of nitrogens with zero attached hydrogens (tertiary/aromatic N) is 2. The van der Waals surface area contributed by atoms with Gasteiger partial charge in [0.25, 0.3) is 0 Å². The Labute approximate surface area is 110 Å². The molecule has 0 aromatic carbocycles. The quantitative estimate of drug-likeness (QED) is 0.617. The first-order valence-electron chi connectivity index (χ1n) is 6.60. The molecule has 0 radical (unpaired) electrons. The molecule has 1 aromatic rings. The van der Waals surface area contributed by atoms with Crippen molar-refractivity contribution in [2.24, 2.45) is 0 Å². The van der Waals surface area contributed by atoms with Gasteiger partial charge in [0.05, 0.1) is 0 Å². The molecule has 1 fully saturated rings. The van der Waals surface area contributed by atoms with Gasteiger partial charge in [0.1, 0.15) is 0 Å². The molecule has 2 heterocycles. The molecule has 1 aliphatic rings. The van der Waals surface area contributed by atoms with Gasteiger partial charge in [0.15, 0.2) is 0 Å². The molecule has 96 valence electrons. The maximum atomic E-state index is 5.64. The number of aryl methyl sites for hydroxylation is 1. The number of aromatic nitrogens is 1. The average molecular weight is 301 g/mol. The molecule has 1 saturated heterocycles. The molecular weight excluding hydrogens is 279 g/mol. The zero-order valence-corrected chi connectivity index (χ0v) is 12.6. The van der Waals surface area contributed by atoms with Crippen LogP contribution in [-0.4, -0.2) is 39.2 Å². The van der Waals surface area contributed by atoms with Gasteiger partial charge in [-0.2, -0.15) is 0 Å². The number of anilines is 1. The number of piperidine rings is 1. The molecule has 0 saturated carbocycles. The van der Waals surface area contributed by atoms with E-state index in [4.69, 9.17) is 9.72 Å². The Morgan fingerprint density at radius 1 is 1.29 bits per heavy atom. The summed E-state index contributed by atoms with van der Waals surface area (Å²) in [6.07, 6.45) is 5.14. The summed E-state index contributed by atoms with van der Waals surface area (Å²) in [4.78, 5) is 7.23. The van der Waals surface area contributed by atoms with Gasteiger partial charge in [-0.1, -0.05) is 0 Å². The van der Waals surface area contributed by atoms with Crippen molar-refractivity contribution in [3.8, 4) is 0 Å². The first kappa shape index (κ1) is 13.1. The molecule has 0 atom stereocenters. The molecular formula is C13H22N2OSe. The summed E-state index contributed by atoms with van der Waals surface area (Å²) in [6, 6.07) is 0. The molecule has 0 spiro atoms. The Hall–Kier alpha value is -0.311. The average Bonchev–Trinajstić information content (AvgIpc) is 2.73. The van der Waals surface area contributed by atoms with Gasteiger partial charge in [-0.3, -0.25) is 0 Å². The predicted molar refractivity (Wildman–Crippen MR) is 71.9 cm³/mol. The molecule has 1 aliphatic heterocycles. The van der Waals surface area contributed by atoms with Crippen molar-refractivity contribution in [1.82, 2.24) is 4.98 Å². The van der Waals surface area contributed by atoms with E-state index in [9.17, 15) is 0 Å². The Kier molecular flexibility index (Phi) is 5.08. The van der Waals surface area contributed by atoms with E-state index in [0.717, 1.165) is 19.6 Å². The third-order valence-electron chi connectivity index (χ3n) is 3.09. The maximum absolute atomic E-state index is 5.64. The molecule has 3 nitrogen and oxygen atoms in total. The molecule has 4 heteroatoms. The second-order valence-electron chi connectivity index (χ2n) is 4.61. The van der Waals surface area contributed by atoms with Crippen molar-refractivity contribution in [1.29, 1.82) is 0 Å². The SMILES string of the molecule is CCCOCc1[se]c(N2CCCCC2)nc1C. The number of hydrogen-bond donors (Lipinski definition) is 0. The van der Waals surface area contributed by atoms with Crippen LogP contribution in [0.5, 0.6) is 0 Å². The fraction of sp³-hybridized carbons (Fsp3) is 0.769. The zero-order valence-electron chi connectivity index (χ0n) is 10.9. The minimum atomic E-state index is 0.412. The van der Waals surface area contributed by atoms with Gasteiger partial charge in [0, 0.05) is 0 Å². The molecule has 2 rings (SSSR count). The zero-order chi connectivity index (χ0) is 12.1. The predicted octanol–water partition coefficient (Wildman–Crippen LogP) is 2.36. The Morgan fingerprint density at radius 3 is 2.76 bits per heavy atom. The summed E-state index contributed by atoms with van der Waals surface area (Å²) in [5, 5.41) is 0. The molecule has 0 N–H and O–H groups in total. The van der Waals surface area contributed by atoms with Gasteiger partial charge in [0.2, 0.25) is 0 Å². The van der Waals surface area contributed by atoms with Crippen LogP contribution in [0.3, 0.4) is 0 Å². The van der Waals surface area contributed by atoms with Crippen LogP contribution in [0.1, 0.15) is 42.7 Å². The van der Waals surface area contributed by atoms with Crippen molar-refractivity contribution in [2.45, 2.75) is 46.1 Å². The minimum absolute atomic E-state index is 0.412. The second-order valence-corrected chi connectivity index (χ2v) is 6.83. The van der Waals surface area contributed by atoms with Gasteiger partial charge >= 0.3 is 110 Å². The topological polar surface area (TPSA) is 25.4 Å². The normalized spacial score (nSPS) is 16.5. The summed E-state index contributed by atoms with van der Waals surface area (Å²) in [5.74, 6) is 0. The van der Waals surface area contributed by atoms with E-state index in [1.807, 2.05) is 0 Å². The van der Waals surface area contributed by atoms with Crippen LogP contribution in [0, 0.1) is 6.92 Å². The number of hydrogen-bond acceptors (Lipinski definition) is 3. The fourth-order valence-corrected chi connectivity index (χ4v) is 4.28. The molecule has 0 aliphatic carbocycles. The summed E-state index contributed by atoms with van der Waals surface area (Å²) in [6.45, 7) is 8.35. The monoisotopic (exact) mass is 302 g/mol. The van der Waals surface area contributed by atoms with E-state index >= 15 is 0 Å². The number of rotatable bonds is 5. The van der Waals surface area contributed by atoms with Crippen LogP contribution in [0.15, 0.2) is 0 Å². The van der Waals surface area contributed by atoms with Crippen molar-refractivity contribution < 1.29 is 4.74 Å². The van der Waals surface area contributed by atoms with E-state index in [1.165, 1.54) is 47.2 Å². The van der Waals surface area contributed by atoms with Crippen LogP contribution in [0.25, 0.3) is 0 Å². The third-order valence-corrected chi connectivity index (χ3v) is 5.59. The first-order valence-corrected chi connectivity index (χ1v) is 8.31. The Morgan fingerprint density at radius 2 is 2.06 bits per heavy atom. The van der Waals surface area contributed by atoms with Gasteiger partial charge in [-0.05, 0) is 0 Å². The van der Waals surface area contributed by atoms with Crippen LogP contribution < -0.4 is 4.90 Å². The standard InChI is InChI=1S/C13H22N2OSe/c1-3-9-16-10-12-11(2)14-13(17-12)15-7-5-4-6-8-15/h3-10H2,1-2H3.